The van der Waals surface area contributed by atoms with Crippen molar-refractivity contribution in [2.45, 2.75) is 18.3 Å². The number of aromatic nitrogens is 2. The topological polar surface area (TPSA) is 112 Å². The molecule has 2 heterocycles. The maximum atomic E-state index is 13.9. The number of amides is 3. The van der Waals surface area contributed by atoms with Gasteiger partial charge in [0.2, 0.25) is 5.91 Å². The lowest BCUT2D eigenvalue weighted by molar-refractivity contribution is -0.118. The van der Waals surface area contributed by atoms with Crippen LogP contribution in [0.3, 0.4) is 0 Å². The Morgan fingerprint density at radius 1 is 0.955 bits per heavy atom. The molecule has 1 aliphatic rings. The lowest BCUT2D eigenvalue weighted by Gasteiger charge is -2.10. The molecule has 1 aliphatic heterocycles. The summed E-state index contributed by atoms with van der Waals surface area (Å²) >= 11 is 1.00. The van der Waals surface area contributed by atoms with Gasteiger partial charge in [0.25, 0.3) is 11.1 Å². The Kier molecular flexibility index (Phi) is 7.99. The fraction of sp³-hybridized carbons (Fsp3) is 0.125. The van der Waals surface area contributed by atoms with Crippen molar-refractivity contribution in [3.05, 3.63) is 114 Å². The normalized spacial score (nSPS) is 14.5. The van der Waals surface area contributed by atoms with Gasteiger partial charge in [-0.2, -0.15) is 0 Å². The highest BCUT2D eigenvalue weighted by Gasteiger charge is 2.31. The summed E-state index contributed by atoms with van der Waals surface area (Å²) in [5.41, 5.74) is 2.69. The van der Waals surface area contributed by atoms with Gasteiger partial charge in [-0.05, 0) is 72.6 Å². The van der Waals surface area contributed by atoms with Gasteiger partial charge in [-0.1, -0.05) is 23.9 Å². The minimum Gasteiger partial charge on any atom is -0.486 e. The first-order chi connectivity index (χ1) is 21.2. The number of carbonyl (C=O) groups excluding carboxylic acids is 3. The zero-order valence-electron chi connectivity index (χ0n) is 23.2. The Bertz CT molecular complexity index is 1890. The number of imide groups is 1. The van der Waals surface area contributed by atoms with E-state index in [2.05, 4.69) is 15.6 Å². The van der Waals surface area contributed by atoms with E-state index in [0.717, 1.165) is 40.5 Å². The molecule has 1 saturated heterocycles. The number of carbonyl (C=O) groups is 3. The Hall–Kier alpha value is -5.23. The van der Waals surface area contributed by atoms with Crippen LogP contribution in [-0.4, -0.2) is 31.9 Å². The third kappa shape index (κ3) is 6.40. The van der Waals surface area contributed by atoms with Gasteiger partial charge >= 0.3 is 0 Å². The molecule has 12 heteroatoms. The average Bonchev–Trinajstić information content (AvgIpc) is 3.49. The summed E-state index contributed by atoms with van der Waals surface area (Å²) in [7, 11) is 1.88. The number of hydrogen-bond acceptors (Lipinski definition) is 7. The van der Waals surface area contributed by atoms with E-state index in [0.29, 0.717) is 41.2 Å². The summed E-state index contributed by atoms with van der Waals surface area (Å²) in [5.74, 6) is -0.218. The number of anilines is 1. The van der Waals surface area contributed by atoms with Crippen molar-refractivity contribution in [2.24, 2.45) is 7.05 Å². The monoisotopic (exact) mass is 614 g/mol. The molecule has 3 amide bonds. The molecule has 2 N–H and O–H groups in total. The van der Waals surface area contributed by atoms with Crippen LogP contribution in [0.15, 0.2) is 84.9 Å². The molecular weight excluding hydrogens is 590 g/mol. The minimum absolute atomic E-state index is 0.227. The molecular formula is C32H24F2N4O5S. The molecule has 0 spiro atoms. The molecule has 1 unspecified atom stereocenters. The fourth-order valence-corrected chi connectivity index (χ4v) is 5.50. The van der Waals surface area contributed by atoms with Gasteiger partial charge in [-0.15, -0.1) is 0 Å². The van der Waals surface area contributed by atoms with Crippen LogP contribution in [0.5, 0.6) is 17.2 Å². The van der Waals surface area contributed by atoms with Crippen molar-refractivity contribution in [3.8, 4) is 17.2 Å². The lowest BCUT2D eigenvalue weighted by Crippen LogP contribution is -2.25. The summed E-state index contributed by atoms with van der Waals surface area (Å²) in [6.07, 6.45) is 0.455. The van der Waals surface area contributed by atoms with Crippen molar-refractivity contribution < 1.29 is 32.6 Å². The average molecular weight is 615 g/mol. The van der Waals surface area contributed by atoms with Crippen LogP contribution < -0.4 is 20.1 Å². The maximum Gasteiger partial charge on any atom is 0.286 e. The summed E-state index contributed by atoms with van der Waals surface area (Å²) in [4.78, 5) is 40.2. The minimum atomic E-state index is -0.941. The molecule has 1 aromatic heterocycles. The first-order valence-corrected chi connectivity index (χ1v) is 14.3. The summed E-state index contributed by atoms with van der Waals surface area (Å²) in [6, 6.07) is 22.2. The molecule has 4 aromatic carbocycles. The van der Waals surface area contributed by atoms with Gasteiger partial charge in [-0.3, -0.25) is 19.7 Å². The number of rotatable bonds is 9. The second-order valence-corrected chi connectivity index (χ2v) is 11.1. The number of thioether (sulfide) groups is 1. The molecule has 9 nitrogen and oxygen atoms in total. The lowest BCUT2D eigenvalue weighted by atomic mass is 10.1. The predicted octanol–water partition coefficient (Wildman–Crippen LogP) is 6.37. The second-order valence-electron chi connectivity index (χ2n) is 9.96. The number of nitrogens with zero attached hydrogens (tertiary/aromatic N) is 2. The SMILES string of the molecule is Cn1c(COc2ccc(CC3SC(=O)NC3=O)cc2)nc2ccc(Oc3ccc(NC(=O)c4ccc(F)cc4F)cc3)cc21. The number of halogens is 2. The summed E-state index contributed by atoms with van der Waals surface area (Å²) < 4.78 is 40.9. The van der Waals surface area contributed by atoms with Crippen molar-refractivity contribution in [3.63, 3.8) is 0 Å². The zero-order valence-corrected chi connectivity index (χ0v) is 24.0. The third-order valence-corrected chi connectivity index (χ3v) is 7.93. The maximum absolute atomic E-state index is 13.9. The molecule has 6 rings (SSSR count). The Morgan fingerprint density at radius 3 is 2.39 bits per heavy atom. The van der Waals surface area contributed by atoms with Crippen molar-refractivity contribution in [1.82, 2.24) is 14.9 Å². The van der Waals surface area contributed by atoms with Crippen LogP contribution in [0.2, 0.25) is 0 Å². The van der Waals surface area contributed by atoms with Crippen LogP contribution in [0, 0.1) is 11.6 Å². The number of fused-ring (bicyclic) bond motifs is 1. The molecule has 44 heavy (non-hydrogen) atoms. The van der Waals surface area contributed by atoms with Crippen molar-refractivity contribution >= 4 is 45.5 Å². The predicted molar refractivity (Wildman–Crippen MR) is 161 cm³/mol. The molecule has 222 valence electrons. The highest BCUT2D eigenvalue weighted by atomic mass is 32.2. The standard InChI is InChI=1S/C32H24F2N4O5S/c1-38-27-16-23(43-22-9-5-20(6-10-22)35-30(39)24-12-4-19(33)15-25(24)34)11-13-26(27)36-29(38)17-42-21-7-2-18(3-8-21)14-28-31(40)37-32(41)44-28/h2-13,15-16,28H,14,17H2,1H3,(H,35,39)(H,37,40,41). The quantitative estimate of drug-likeness (QED) is 0.199. The molecule has 0 radical (unpaired) electrons. The number of benzene rings is 4. The fourth-order valence-electron chi connectivity index (χ4n) is 4.64. The number of imidazole rings is 1. The van der Waals surface area contributed by atoms with Crippen LogP contribution >= 0.6 is 11.8 Å². The van der Waals surface area contributed by atoms with Gasteiger partial charge in [0.1, 0.15) is 41.3 Å². The van der Waals surface area contributed by atoms with Gasteiger partial charge < -0.3 is 19.4 Å². The molecule has 1 fully saturated rings. The molecule has 0 saturated carbocycles. The zero-order chi connectivity index (χ0) is 30.8. The van der Waals surface area contributed by atoms with Gasteiger partial charge in [-0.25, -0.2) is 13.8 Å². The van der Waals surface area contributed by atoms with E-state index in [9.17, 15) is 23.2 Å². The van der Waals surface area contributed by atoms with Gasteiger partial charge in [0.15, 0.2) is 0 Å². The molecule has 1 atom stereocenters. The van der Waals surface area contributed by atoms with Crippen molar-refractivity contribution in [2.75, 3.05) is 5.32 Å². The number of hydrogen-bond donors (Lipinski definition) is 2. The van der Waals surface area contributed by atoms with E-state index in [1.54, 1.807) is 30.3 Å². The first-order valence-electron chi connectivity index (χ1n) is 13.4. The van der Waals surface area contributed by atoms with E-state index in [1.807, 2.05) is 48.0 Å². The number of nitrogens with one attached hydrogen (secondary N) is 2. The van der Waals surface area contributed by atoms with Crippen LogP contribution in [0.1, 0.15) is 21.7 Å². The molecule has 0 bridgehead atoms. The van der Waals surface area contributed by atoms with E-state index >= 15 is 0 Å². The first kappa shape index (κ1) is 28.9. The second kappa shape index (κ2) is 12.2. The van der Waals surface area contributed by atoms with E-state index < -0.39 is 22.8 Å². The largest absolute Gasteiger partial charge is 0.486 e. The summed E-state index contributed by atoms with van der Waals surface area (Å²) in [6.45, 7) is 0.227. The van der Waals surface area contributed by atoms with Crippen molar-refractivity contribution in [1.29, 1.82) is 0 Å². The third-order valence-electron chi connectivity index (χ3n) is 6.95. The number of ether oxygens (including phenoxy) is 2. The van der Waals surface area contributed by atoms with Gasteiger partial charge in [0.05, 0.1) is 21.8 Å². The Balaban J connectivity index is 1.06. The molecule has 0 aliphatic carbocycles. The van der Waals surface area contributed by atoms with E-state index in [4.69, 9.17) is 9.47 Å². The van der Waals surface area contributed by atoms with Crippen LogP contribution in [0.4, 0.5) is 19.3 Å². The van der Waals surface area contributed by atoms with E-state index in [1.165, 1.54) is 0 Å². The molecule has 5 aromatic rings. The van der Waals surface area contributed by atoms with Crippen LogP contribution in [-0.2, 0) is 24.9 Å². The smallest absolute Gasteiger partial charge is 0.286 e. The van der Waals surface area contributed by atoms with E-state index in [-0.39, 0.29) is 23.3 Å². The highest BCUT2D eigenvalue weighted by Crippen LogP contribution is 2.28. The number of aryl methyl sites for hydroxylation is 1. The highest BCUT2D eigenvalue weighted by molar-refractivity contribution is 8.15. The van der Waals surface area contributed by atoms with Crippen LogP contribution in [0.25, 0.3) is 11.0 Å². The summed E-state index contributed by atoms with van der Waals surface area (Å²) in [5, 5.41) is 4.14. The van der Waals surface area contributed by atoms with Gasteiger partial charge in [0, 0.05) is 24.9 Å². The Morgan fingerprint density at radius 2 is 1.68 bits per heavy atom. The Labute approximate surface area is 254 Å².